The summed E-state index contributed by atoms with van der Waals surface area (Å²) in [4.78, 5) is 14.8. The maximum absolute atomic E-state index is 12.3. The first-order chi connectivity index (χ1) is 14.5. The van der Waals surface area contributed by atoms with Crippen LogP contribution in [0, 0.1) is 0 Å². The van der Waals surface area contributed by atoms with E-state index in [4.69, 9.17) is 4.74 Å². The quantitative estimate of drug-likeness (QED) is 0.366. The number of rotatable bonds is 13. The first-order valence-electron chi connectivity index (χ1n) is 11.0. The van der Waals surface area contributed by atoms with E-state index < -0.39 is 0 Å². The normalized spacial score (nSPS) is 12.4. The standard InChI is InChI=1S/C26H36N2O2/c1-5-28(6-2)19-7-8-21(3)27-20-23-11-9-22(10-12-23)13-18-26(29)24-14-16-25(30-4)17-15-24/h9-18,21,27H,5-8,19-20H2,1-4H3. The van der Waals surface area contributed by atoms with Crippen LogP contribution in [0.25, 0.3) is 6.08 Å². The summed E-state index contributed by atoms with van der Waals surface area (Å²) in [6.45, 7) is 11.0. The zero-order valence-corrected chi connectivity index (χ0v) is 18.9. The molecule has 4 nitrogen and oxygen atoms in total. The predicted molar refractivity (Wildman–Crippen MR) is 126 cm³/mol. The lowest BCUT2D eigenvalue weighted by Gasteiger charge is -2.19. The third-order valence-electron chi connectivity index (χ3n) is 5.44. The van der Waals surface area contributed by atoms with Crippen molar-refractivity contribution in [2.24, 2.45) is 0 Å². The van der Waals surface area contributed by atoms with Crippen LogP contribution >= 0.6 is 0 Å². The Morgan fingerprint density at radius 1 is 1.07 bits per heavy atom. The minimum atomic E-state index is -0.0121. The lowest BCUT2D eigenvalue weighted by molar-refractivity contribution is 0.104. The van der Waals surface area contributed by atoms with Gasteiger partial charge in [0.05, 0.1) is 7.11 Å². The molecule has 2 aromatic carbocycles. The van der Waals surface area contributed by atoms with E-state index in [0.717, 1.165) is 30.9 Å². The number of benzene rings is 2. The van der Waals surface area contributed by atoms with Crippen molar-refractivity contribution < 1.29 is 9.53 Å². The van der Waals surface area contributed by atoms with E-state index in [9.17, 15) is 4.79 Å². The minimum absolute atomic E-state index is 0.0121. The molecule has 4 heteroatoms. The van der Waals surface area contributed by atoms with Gasteiger partial charge in [0.25, 0.3) is 0 Å². The van der Waals surface area contributed by atoms with Gasteiger partial charge in [0, 0.05) is 18.2 Å². The fourth-order valence-corrected chi connectivity index (χ4v) is 3.33. The van der Waals surface area contributed by atoms with Gasteiger partial charge in [-0.15, -0.1) is 0 Å². The first kappa shape index (κ1) is 23.8. The Balaban J connectivity index is 1.77. The van der Waals surface area contributed by atoms with Crippen LogP contribution in [-0.2, 0) is 6.54 Å². The molecule has 0 aliphatic rings. The Morgan fingerprint density at radius 2 is 1.73 bits per heavy atom. The summed E-state index contributed by atoms with van der Waals surface area (Å²) < 4.78 is 5.13. The van der Waals surface area contributed by atoms with Gasteiger partial charge in [0.2, 0.25) is 0 Å². The summed E-state index contributed by atoms with van der Waals surface area (Å²) in [6, 6.07) is 16.0. The van der Waals surface area contributed by atoms with Crippen LogP contribution in [0.15, 0.2) is 54.6 Å². The van der Waals surface area contributed by atoms with Gasteiger partial charge >= 0.3 is 0 Å². The minimum Gasteiger partial charge on any atom is -0.497 e. The topological polar surface area (TPSA) is 41.6 Å². The summed E-state index contributed by atoms with van der Waals surface area (Å²) in [7, 11) is 1.62. The molecule has 0 amide bonds. The Labute approximate surface area is 181 Å². The second-order valence-electron chi connectivity index (χ2n) is 7.62. The highest BCUT2D eigenvalue weighted by molar-refractivity contribution is 6.06. The average Bonchev–Trinajstić information content (AvgIpc) is 2.79. The highest BCUT2D eigenvalue weighted by atomic mass is 16.5. The summed E-state index contributed by atoms with van der Waals surface area (Å²) in [6.07, 6.45) is 5.89. The molecule has 0 aliphatic carbocycles. The Morgan fingerprint density at radius 3 is 2.33 bits per heavy atom. The lowest BCUT2D eigenvalue weighted by Crippen LogP contribution is -2.28. The van der Waals surface area contributed by atoms with Gasteiger partial charge in [-0.1, -0.05) is 44.2 Å². The number of nitrogens with one attached hydrogen (secondary N) is 1. The summed E-state index contributed by atoms with van der Waals surface area (Å²) in [5.74, 6) is 0.736. The van der Waals surface area contributed by atoms with E-state index in [1.54, 1.807) is 37.5 Å². The van der Waals surface area contributed by atoms with Crippen molar-refractivity contribution in [3.63, 3.8) is 0 Å². The van der Waals surface area contributed by atoms with E-state index in [1.807, 2.05) is 6.08 Å². The molecular formula is C26H36N2O2. The molecule has 0 aliphatic heterocycles. The van der Waals surface area contributed by atoms with Gasteiger partial charge < -0.3 is 15.0 Å². The fourth-order valence-electron chi connectivity index (χ4n) is 3.33. The Kier molecular flexibility index (Phi) is 10.3. The predicted octanol–water partition coefficient (Wildman–Crippen LogP) is 5.19. The number of hydrogen-bond acceptors (Lipinski definition) is 4. The third-order valence-corrected chi connectivity index (χ3v) is 5.44. The van der Waals surface area contributed by atoms with Crippen LogP contribution in [-0.4, -0.2) is 43.5 Å². The van der Waals surface area contributed by atoms with Crippen LogP contribution in [0.1, 0.15) is 55.1 Å². The summed E-state index contributed by atoms with van der Waals surface area (Å²) in [5.41, 5.74) is 2.93. The van der Waals surface area contributed by atoms with E-state index in [-0.39, 0.29) is 5.78 Å². The van der Waals surface area contributed by atoms with Crippen LogP contribution in [0.5, 0.6) is 5.75 Å². The van der Waals surface area contributed by atoms with Crippen molar-refractivity contribution in [2.45, 2.75) is 46.2 Å². The molecule has 30 heavy (non-hydrogen) atoms. The zero-order valence-electron chi connectivity index (χ0n) is 18.9. The number of carbonyl (C=O) groups is 1. The second kappa shape index (κ2) is 13.0. The van der Waals surface area contributed by atoms with Gasteiger partial charge in [0.1, 0.15) is 5.75 Å². The SMILES string of the molecule is CCN(CC)CCCC(C)NCc1ccc(C=CC(=O)c2ccc(OC)cc2)cc1. The van der Waals surface area contributed by atoms with Crippen molar-refractivity contribution in [2.75, 3.05) is 26.7 Å². The largest absolute Gasteiger partial charge is 0.497 e. The summed E-state index contributed by atoms with van der Waals surface area (Å²) >= 11 is 0. The maximum Gasteiger partial charge on any atom is 0.185 e. The molecule has 0 saturated heterocycles. The van der Waals surface area contributed by atoms with E-state index in [2.05, 4.69) is 55.3 Å². The maximum atomic E-state index is 12.3. The molecule has 2 rings (SSSR count). The number of allylic oxidation sites excluding steroid dienone is 1. The molecule has 0 heterocycles. The number of ketones is 1. The second-order valence-corrected chi connectivity index (χ2v) is 7.62. The number of carbonyl (C=O) groups excluding carboxylic acids is 1. The molecule has 0 aromatic heterocycles. The molecular weight excluding hydrogens is 372 g/mol. The number of methoxy groups -OCH3 is 1. The van der Waals surface area contributed by atoms with Gasteiger partial charge in [-0.05, 0) is 80.9 Å². The van der Waals surface area contributed by atoms with Crippen LogP contribution < -0.4 is 10.1 Å². The van der Waals surface area contributed by atoms with Crippen molar-refractivity contribution in [1.82, 2.24) is 10.2 Å². The Hall–Kier alpha value is -2.43. The summed E-state index contributed by atoms with van der Waals surface area (Å²) in [5, 5.41) is 3.61. The van der Waals surface area contributed by atoms with Crippen molar-refractivity contribution in [1.29, 1.82) is 0 Å². The fraction of sp³-hybridized carbons (Fsp3) is 0.423. The number of ether oxygens (including phenoxy) is 1. The highest BCUT2D eigenvalue weighted by Crippen LogP contribution is 2.13. The van der Waals surface area contributed by atoms with Crippen molar-refractivity contribution in [3.8, 4) is 5.75 Å². The third kappa shape index (κ3) is 8.13. The van der Waals surface area contributed by atoms with E-state index in [1.165, 1.54) is 24.9 Å². The van der Waals surface area contributed by atoms with Gasteiger partial charge in [-0.3, -0.25) is 4.79 Å². The van der Waals surface area contributed by atoms with Gasteiger partial charge in [-0.2, -0.15) is 0 Å². The molecule has 0 saturated carbocycles. The average molecular weight is 409 g/mol. The molecule has 1 atom stereocenters. The number of nitrogens with zero attached hydrogens (tertiary/aromatic N) is 1. The molecule has 0 bridgehead atoms. The number of hydrogen-bond donors (Lipinski definition) is 1. The van der Waals surface area contributed by atoms with Crippen molar-refractivity contribution >= 4 is 11.9 Å². The smallest absolute Gasteiger partial charge is 0.185 e. The van der Waals surface area contributed by atoms with Crippen LogP contribution in [0.4, 0.5) is 0 Å². The lowest BCUT2D eigenvalue weighted by atomic mass is 10.1. The molecule has 0 fully saturated rings. The molecule has 1 N–H and O–H groups in total. The van der Waals surface area contributed by atoms with Gasteiger partial charge in [-0.25, -0.2) is 0 Å². The molecule has 1 unspecified atom stereocenters. The monoisotopic (exact) mass is 408 g/mol. The molecule has 0 radical (unpaired) electrons. The van der Waals surface area contributed by atoms with E-state index >= 15 is 0 Å². The molecule has 162 valence electrons. The van der Waals surface area contributed by atoms with Crippen LogP contribution in [0.3, 0.4) is 0 Å². The van der Waals surface area contributed by atoms with Crippen molar-refractivity contribution in [3.05, 3.63) is 71.3 Å². The molecule has 2 aromatic rings. The van der Waals surface area contributed by atoms with Gasteiger partial charge in [0.15, 0.2) is 5.78 Å². The van der Waals surface area contributed by atoms with Crippen LogP contribution in [0.2, 0.25) is 0 Å². The molecule has 0 spiro atoms. The Bertz CT molecular complexity index is 778. The first-order valence-corrected chi connectivity index (χ1v) is 11.0. The van der Waals surface area contributed by atoms with E-state index in [0.29, 0.717) is 11.6 Å². The zero-order chi connectivity index (χ0) is 21.8. The highest BCUT2D eigenvalue weighted by Gasteiger charge is 2.05.